The van der Waals surface area contributed by atoms with Crippen LogP contribution >= 0.6 is 0 Å². The van der Waals surface area contributed by atoms with E-state index in [1.807, 2.05) is 0 Å². The highest BCUT2D eigenvalue weighted by molar-refractivity contribution is 4.63. The van der Waals surface area contributed by atoms with E-state index < -0.39 is 0 Å². The van der Waals surface area contributed by atoms with Crippen molar-refractivity contribution >= 4 is 0 Å². The predicted octanol–water partition coefficient (Wildman–Crippen LogP) is 4.45. The molecule has 0 aromatic rings. The van der Waals surface area contributed by atoms with Gasteiger partial charge in [0.15, 0.2) is 0 Å². The van der Waals surface area contributed by atoms with Gasteiger partial charge in [0.05, 0.1) is 0 Å². The molecule has 0 radical (unpaired) electrons. The lowest BCUT2D eigenvalue weighted by molar-refractivity contribution is 0.257. The molecule has 1 N–H and O–H groups in total. The first-order valence-corrected chi connectivity index (χ1v) is 8.70. The summed E-state index contributed by atoms with van der Waals surface area (Å²) in [5, 5.41) is 3.58. The van der Waals surface area contributed by atoms with E-state index in [-0.39, 0.29) is 0 Å². The first-order chi connectivity index (χ1) is 9.24. The summed E-state index contributed by atoms with van der Waals surface area (Å²) >= 11 is 0. The fraction of sp³-hybridized carbons (Fsp3) is 1.00. The van der Waals surface area contributed by atoms with Gasteiger partial charge >= 0.3 is 0 Å². The third-order valence-corrected chi connectivity index (χ3v) is 3.76. The van der Waals surface area contributed by atoms with Gasteiger partial charge < -0.3 is 10.2 Å². The van der Waals surface area contributed by atoms with Gasteiger partial charge in [-0.1, -0.05) is 40.0 Å². The van der Waals surface area contributed by atoms with Crippen LogP contribution in [0.2, 0.25) is 0 Å². The monoisotopic (exact) mass is 270 g/mol. The van der Waals surface area contributed by atoms with Crippen LogP contribution in [0.4, 0.5) is 0 Å². The van der Waals surface area contributed by atoms with Crippen molar-refractivity contribution in [3.63, 3.8) is 0 Å². The second kappa shape index (κ2) is 14.3. The molecule has 0 rings (SSSR count). The summed E-state index contributed by atoms with van der Waals surface area (Å²) in [4.78, 5) is 2.68. The molecular formula is C17H38N2. The van der Waals surface area contributed by atoms with E-state index in [0.717, 1.165) is 0 Å². The van der Waals surface area contributed by atoms with Gasteiger partial charge in [-0.05, 0) is 65.2 Å². The molecule has 0 heterocycles. The van der Waals surface area contributed by atoms with Gasteiger partial charge in [0.1, 0.15) is 0 Å². The molecule has 1 unspecified atom stereocenters. The van der Waals surface area contributed by atoms with E-state index in [1.165, 1.54) is 77.5 Å². The zero-order valence-electron chi connectivity index (χ0n) is 14.0. The number of nitrogens with one attached hydrogen (secondary N) is 1. The Morgan fingerprint density at radius 3 is 1.89 bits per heavy atom. The van der Waals surface area contributed by atoms with Crippen molar-refractivity contribution in [1.29, 1.82) is 0 Å². The van der Waals surface area contributed by atoms with Crippen molar-refractivity contribution in [2.24, 2.45) is 0 Å². The van der Waals surface area contributed by atoms with E-state index in [4.69, 9.17) is 0 Å². The van der Waals surface area contributed by atoms with E-state index in [9.17, 15) is 0 Å². The fourth-order valence-electron chi connectivity index (χ4n) is 2.38. The van der Waals surface area contributed by atoms with Gasteiger partial charge in [0, 0.05) is 6.04 Å². The average molecular weight is 271 g/mol. The van der Waals surface area contributed by atoms with Crippen LogP contribution in [0.3, 0.4) is 0 Å². The highest BCUT2D eigenvalue weighted by atomic mass is 15.1. The van der Waals surface area contributed by atoms with Crippen molar-refractivity contribution in [2.75, 3.05) is 26.2 Å². The van der Waals surface area contributed by atoms with Gasteiger partial charge in [-0.2, -0.15) is 0 Å². The first kappa shape index (κ1) is 18.9. The summed E-state index contributed by atoms with van der Waals surface area (Å²) in [5.74, 6) is 0. The lowest BCUT2D eigenvalue weighted by atomic mass is 10.1. The van der Waals surface area contributed by atoms with Crippen LogP contribution in [-0.2, 0) is 0 Å². The summed E-state index contributed by atoms with van der Waals surface area (Å²) in [6.07, 6.45) is 10.7. The molecular weight excluding hydrogens is 232 g/mol. The molecule has 0 aromatic heterocycles. The summed E-state index contributed by atoms with van der Waals surface area (Å²) in [7, 11) is 0. The van der Waals surface area contributed by atoms with Crippen molar-refractivity contribution in [1.82, 2.24) is 10.2 Å². The Morgan fingerprint density at radius 2 is 1.37 bits per heavy atom. The number of nitrogens with zero attached hydrogens (tertiary/aromatic N) is 1. The van der Waals surface area contributed by atoms with Crippen LogP contribution in [0, 0.1) is 0 Å². The first-order valence-electron chi connectivity index (χ1n) is 8.70. The van der Waals surface area contributed by atoms with Crippen molar-refractivity contribution in [3.8, 4) is 0 Å². The van der Waals surface area contributed by atoms with Crippen LogP contribution in [0.1, 0.15) is 79.1 Å². The highest BCUT2D eigenvalue weighted by Crippen LogP contribution is 2.05. The molecule has 1 atom stereocenters. The Bertz CT molecular complexity index is 163. The molecule has 0 aromatic carbocycles. The quantitative estimate of drug-likeness (QED) is 0.469. The molecule has 0 amide bonds. The Hall–Kier alpha value is -0.0800. The van der Waals surface area contributed by atoms with E-state index in [0.29, 0.717) is 6.04 Å². The normalized spacial score (nSPS) is 13.1. The molecule has 2 heteroatoms. The predicted molar refractivity (Wildman–Crippen MR) is 87.9 cm³/mol. The van der Waals surface area contributed by atoms with Crippen LogP contribution in [-0.4, -0.2) is 37.1 Å². The maximum absolute atomic E-state index is 3.58. The minimum absolute atomic E-state index is 0.694. The Kier molecular flexibility index (Phi) is 14.3. The van der Waals surface area contributed by atoms with Gasteiger partial charge in [0.2, 0.25) is 0 Å². The molecule has 2 nitrogen and oxygen atoms in total. The zero-order valence-corrected chi connectivity index (χ0v) is 14.0. The molecule has 0 saturated carbocycles. The minimum atomic E-state index is 0.694. The smallest absolute Gasteiger partial charge is 0.00387 e. The molecule has 116 valence electrons. The lowest BCUT2D eigenvalue weighted by Crippen LogP contribution is -2.28. The Balaban J connectivity index is 3.60. The van der Waals surface area contributed by atoms with E-state index in [2.05, 4.69) is 37.9 Å². The molecule has 0 bridgehead atoms. The van der Waals surface area contributed by atoms with Gasteiger partial charge in [0.25, 0.3) is 0 Å². The zero-order chi connectivity index (χ0) is 14.3. The minimum Gasteiger partial charge on any atom is -0.314 e. The maximum Gasteiger partial charge on any atom is 0.00387 e. The number of hydrogen-bond acceptors (Lipinski definition) is 2. The number of hydrogen-bond donors (Lipinski definition) is 1. The Labute approximate surface area is 122 Å². The van der Waals surface area contributed by atoms with Crippen LogP contribution in [0.5, 0.6) is 0 Å². The maximum atomic E-state index is 3.58. The average Bonchev–Trinajstić information content (AvgIpc) is 2.43. The van der Waals surface area contributed by atoms with Crippen molar-refractivity contribution in [3.05, 3.63) is 0 Å². The summed E-state index contributed by atoms with van der Waals surface area (Å²) in [6, 6.07) is 0.694. The molecule has 19 heavy (non-hydrogen) atoms. The molecule has 0 aliphatic rings. The summed E-state index contributed by atoms with van der Waals surface area (Å²) < 4.78 is 0. The van der Waals surface area contributed by atoms with E-state index in [1.54, 1.807) is 0 Å². The van der Waals surface area contributed by atoms with Gasteiger partial charge in [-0.25, -0.2) is 0 Å². The topological polar surface area (TPSA) is 15.3 Å². The molecule has 0 spiro atoms. The van der Waals surface area contributed by atoms with Crippen LogP contribution in [0.15, 0.2) is 0 Å². The summed E-state index contributed by atoms with van der Waals surface area (Å²) in [6.45, 7) is 14.2. The van der Waals surface area contributed by atoms with Crippen molar-refractivity contribution < 1.29 is 0 Å². The van der Waals surface area contributed by atoms with Crippen LogP contribution < -0.4 is 5.32 Å². The Morgan fingerprint density at radius 1 is 0.789 bits per heavy atom. The largest absolute Gasteiger partial charge is 0.314 e. The fourth-order valence-corrected chi connectivity index (χ4v) is 2.38. The number of unbranched alkanes of at least 4 members (excludes halogenated alkanes) is 3. The van der Waals surface area contributed by atoms with E-state index >= 15 is 0 Å². The molecule has 0 aliphatic carbocycles. The van der Waals surface area contributed by atoms with Gasteiger partial charge in [-0.15, -0.1) is 0 Å². The summed E-state index contributed by atoms with van der Waals surface area (Å²) in [5.41, 5.74) is 0. The molecule has 0 aliphatic heterocycles. The van der Waals surface area contributed by atoms with Crippen molar-refractivity contribution in [2.45, 2.75) is 85.1 Å². The van der Waals surface area contributed by atoms with Gasteiger partial charge in [-0.3, -0.25) is 0 Å². The second-order valence-electron chi connectivity index (χ2n) is 5.90. The third kappa shape index (κ3) is 12.7. The van der Waals surface area contributed by atoms with Crippen LogP contribution in [0.25, 0.3) is 0 Å². The highest BCUT2D eigenvalue weighted by Gasteiger charge is 2.05. The lowest BCUT2D eigenvalue weighted by Gasteiger charge is -2.22. The molecule has 0 fully saturated rings. The molecule has 0 saturated heterocycles. The third-order valence-electron chi connectivity index (χ3n) is 3.76. The second-order valence-corrected chi connectivity index (χ2v) is 5.90. The number of rotatable bonds is 14. The SMILES string of the molecule is CCCCN(CCCC)CCCCC(C)NCCC. The standard InChI is InChI=1S/C17H38N2/c1-5-8-14-19(15-9-6-2)16-11-10-12-17(4)18-13-7-3/h17-18H,5-16H2,1-4H3.